The van der Waals surface area contributed by atoms with Crippen molar-refractivity contribution in [2.75, 3.05) is 0 Å². The molecule has 0 aliphatic heterocycles. The van der Waals surface area contributed by atoms with Gasteiger partial charge < -0.3 is 10.4 Å². The molecule has 0 fully saturated rings. The van der Waals surface area contributed by atoms with E-state index in [2.05, 4.69) is 25.5 Å². The highest BCUT2D eigenvalue weighted by atomic mass is 32.1. The Kier molecular flexibility index (Phi) is 3.99. The van der Waals surface area contributed by atoms with Gasteiger partial charge in [-0.25, -0.2) is 9.97 Å². The molecule has 0 saturated carbocycles. The Morgan fingerprint density at radius 3 is 2.85 bits per heavy atom. The molecule has 0 atom stereocenters. The summed E-state index contributed by atoms with van der Waals surface area (Å²) in [6.07, 6.45) is -4.68. The molecule has 2 aromatic rings. The average molecular weight is 307 g/mol. The number of H-pyrrole nitrogens is 1. The molecule has 2 heterocycles. The van der Waals surface area contributed by atoms with Gasteiger partial charge in [0.2, 0.25) is 0 Å². The van der Waals surface area contributed by atoms with E-state index in [0.717, 1.165) is 5.51 Å². The smallest absolute Gasteiger partial charge is 0.388 e. The highest BCUT2D eigenvalue weighted by Gasteiger charge is 2.38. The second-order valence-corrected chi connectivity index (χ2v) is 4.42. The molecule has 0 aromatic carbocycles. The van der Waals surface area contributed by atoms with Crippen molar-refractivity contribution >= 4 is 17.2 Å². The number of halogens is 3. The first-order valence-electron chi connectivity index (χ1n) is 5.21. The summed E-state index contributed by atoms with van der Waals surface area (Å²) in [5.41, 5.74) is -0.260. The van der Waals surface area contributed by atoms with Crippen molar-refractivity contribution < 1.29 is 23.1 Å². The van der Waals surface area contributed by atoms with E-state index in [1.807, 2.05) is 0 Å². The third-order valence-corrected chi connectivity index (χ3v) is 3.00. The minimum atomic E-state index is -4.68. The molecule has 0 radical (unpaired) electrons. The molecule has 108 valence electrons. The summed E-state index contributed by atoms with van der Waals surface area (Å²) in [6.45, 7) is -0.515. The van der Waals surface area contributed by atoms with Crippen LogP contribution in [0.4, 0.5) is 13.2 Å². The van der Waals surface area contributed by atoms with Crippen LogP contribution in [0.3, 0.4) is 0 Å². The van der Waals surface area contributed by atoms with Crippen LogP contribution < -0.4 is 5.32 Å². The minimum Gasteiger partial charge on any atom is -0.388 e. The van der Waals surface area contributed by atoms with Gasteiger partial charge in [-0.15, -0.1) is 11.3 Å². The summed E-state index contributed by atoms with van der Waals surface area (Å²) in [4.78, 5) is 18.1. The lowest BCUT2D eigenvalue weighted by atomic mass is 10.3. The number of nitrogens with zero attached hydrogens (tertiary/aromatic N) is 3. The van der Waals surface area contributed by atoms with Crippen molar-refractivity contribution in [1.29, 1.82) is 0 Å². The van der Waals surface area contributed by atoms with Crippen molar-refractivity contribution in [1.82, 2.24) is 25.5 Å². The number of thiazole rings is 1. The highest BCUT2D eigenvalue weighted by Crippen LogP contribution is 2.32. The van der Waals surface area contributed by atoms with Crippen molar-refractivity contribution in [3.05, 3.63) is 27.7 Å². The molecular weight excluding hydrogens is 299 g/mol. The molecule has 0 aliphatic rings. The van der Waals surface area contributed by atoms with Crippen molar-refractivity contribution in [3.8, 4) is 0 Å². The molecular formula is C9H8F3N5O2S. The van der Waals surface area contributed by atoms with Crippen molar-refractivity contribution in [2.45, 2.75) is 19.3 Å². The number of alkyl halides is 3. The van der Waals surface area contributed by atoms with E-state index in [-0.39, 0.29) is 24.8 Å². The van der Waals surface area contributed by atoms with Crippen LogP contribution in [0.15, 0.2) is 5.51 Å². The first-order valence-corrected chi connectivity index (χ1v) is 6.09. The van der Waals surface area contributed by atoms with Gasteiger partial charge in [-0.2, -0.15) is 18.3 Å². The predicted octanol–water partition coefficient (Wildman–Crippen LogP) is 0.702. The normalized spacial score (nSPS) is 11.6. The zero-order valence-electron chi connectivity index (χ0n) is 9.73. The van der Waals surface area contributed by atoms with Gasteiger partial charge in [0.05, 0.1) is 12.1 Å². The van der Waals surface area contributed by atoms with Crippen molar-refractivity contribution in [3.63, 3.8) is 0 Å². The SMILES string of the molecule is O=C(NCc1nc(CO)n[nH]1)c1scnc1C(F)(F)F. The van der Waals surface area contributed by atoms with Crippen molar-refractivity contribution in [2.24, 2.45) is 0 Å². The van der Waals surface area contributed by atoms with Crippen LogP contribution in [0, 0.1) is 0 Å². The van der Waals surface area contributed by atoms with Crippen LogP contribution in [0.5, 0.6) is 0 Å². The number of amides is 1. The fraction of sp³-hybridized carbons (Fsp3) is 0.333. The minimum absolute atomic E-state index is 0.128. The maximum Gasteiger partial charge on any atom is 0.434 e. The Morgan fingerprint density at radius 2 is 2.25 bits per heavy atom. The number of carbonyl (C=O) groups excluding carboxylic acids is 1. The summed E-state index contributed by atoms with van der Waals surface area (Å²) >= 11 is 0.600. The third kappa shape index (κ3) is 3.11. The molecule has 0 unspecified atom stereocenters. The summed E-state index contributed by atoms with van der Waals surface area (Å²) in [6, 6.07) is 0. The number of aromatic amines is 1. The van der Waals surface area contributed by atoms with E-state index >= 15 is 0 Å². The monoisotopic (exact) mass is 307 g/mol. The standard InChI is InChI=1S/C9H8F3N5O2S/c10-9(11,12)7-6(20-3-14-7)8(19)13-1-4-15-5(2-18)17-16-4/h3,18H,1-2H2,(H,13,19)(H,15,16,17). The molecule has 0 bridgehead atoms. The zero-order chi connectivity index (χ0) is 14.8. The van der Waals surface area contributed by atoms with E-state index < -0.39 is 22.7 Å². The van der Waals surface area contributed by atoms with Gasteiger partial charge in [0.15, 0.2) is 11.5 Å². The lowest BCUT2D eigenvalue weighted by Crippen LogP contribution is -2.25. The number of hydrogen-bond acceptors (Lipinski definition) is 6. The molecule has 3 N–H and O–H groups in total. The predicted molar refractivity (Wildman–Crippen MR) is 60.6 cm³/mol. The fourth-order valence-corrected chi connectivity index (χ4v) is 2.06. The van der Waals surface area contributed by atoms with Gasteiger partial charge in [-0.3, -0.25) is 9.89 Å². The molecule has 0 spiro atoms. The third-order valence-electron chi connectivity index (χ3n) is 2.18. The van der Waals surface area contributed by atoms with E-state index in [9.17, 15) is 18.0 Å². The van der Waals surface area contributed by atoms with Gasteiger partial charge in [0.25, 0.3) is 5.91 Å². The van der Waals surface area contributed by atoms with Crippen LogP contribution in [0.2, 0.25) is 0 Å². The number of nitrogens with one attached hydrogen (secondary N) is 2. The van der Waals surface area contributed by atoms with Gasteiger partial charge in [0, 0.05) is 0 Å². The lowest BCUT2D eigenvalue weighted by molar-refractivity contribution is -0.141. The molecule has 2 aromatic heterocycles. The summed E-state index contributed by atoms with van der Waals surface area (Å²) in [5, 5.41) is 17.0. The number of hydrogen-bond donors (Lipinski definition) is 3. The Bertz CT molecular complexity index is 609. The molecule has 2 rings (SSSR count). The summed E-state index contributed by atoms with van der Waals surface area (Å²) in [5.74, 6) is -0.551. The zero-order valence-corrected chi connectivity index (χ0v) is 10.5. The van der Waals surface area contributed by atoms with Gasteiger partial charge in [-0.1, -0.05) is 0 Å². The Morgan fingerprint density at radius 1 is 1.50 bits per heavy atom. The second-order valence-electron chi connectivity index (χ2n) is 3.57. The number of aliphatic hydroxyl groups excluding tert-OH is 1. The number of aliphatic hydroxyl groups is 1. The second kappa shape index (κ2) is 5.54. The quantitative estimate of drug-likeness (QED) is 0.771. The first-order chi connectivity index (χ1) is 9.41. The van der Waals surface area contributed by atoms with Gasteiger partial charge >= 0.3 is 6.18 Å². The number of rotatable bonds is 4. The Hall–Kier alpha value is -2.01. The van der Waals surface area contributed by atoms with E-state index in [1.54, 1.807) is 0 Å². The topological polar surface area (TPSA) is 104 Å². The van der Waals surface area contributed by atoms with Crippen LogP contribution in [0.25, 0.3) is 0 Å². The van der Waals surface area contributed by atoms with E-state index in [0.29, 0.717) is 11.3 Å². The van der Waals surface area contributed by atoms with Crippen LogP contribution >= 0.6 is 11.3 Å². The van der Waals surface area contributed by atoms with Gasteiger partial charge in [0.1, 0.15) is 17.3 Å². The largest absolute Gasteiger partial charge is 0.434 e. The van der Waals surface area contributed by atoms with Gasteiger partial charge in [-0.05, 0) is 0 Å². The molecule has 11 heteroatoms. The average Bonchev–Trinajstić information content (AvgIpc) is 3.03. The Balaban J connectivity index is 2.04. The molecule has 0 aliphatic carbocycles. The maximum atomic E-state index is 12.6. The van der Waals surface area contributed by atoms with Crippen LogP contribution in [-0.2, 0) is 19.3 Å². The molecule has 1 amide bonds. The summed E-state index contributed by atoms with van der Waals surface area (Å²) < 4.78 is 37.7. The van der Waals surface area contributed by atoms with E-state index in [4.69, 9.17) is 5.11 Å². The maximum absolute atomic E-state index is 12.6. The number of carbonyl (C=O) groups is 1. The highest BCUT2D eigenvalue weighted by molar-refractivity contribution is 7.11. The first kappa shape index (κ1) is 14.4. The van der Waals surface area contributed by atoms with E-state index in [1.165, 1.54) is 0 Å². The van der Waals surface area contributed by atoms with Crippen LogP contribution in [0.1, 0.15) is 27.0 Å². The molecule has 20 heavy (non-hydrogen) atoms. The number of aromatic nitrogens is 4. The lowest BCUT2D eigenvalue weighted by Gasteiger charge is -2.06. The van der Waals surface area contributed by atoms with Crippen LogP contribution in [-0.4, -0.2) is 31.2 Å². The fourth-order valence-electron chi connectivity index (χ4n) is 1.34. The molecule has 0 saturated heterocycles. The Labute approximate surface area is 113 Å². The molecule has 7 nitrogen and oxygen atoms in total. The summed E-state index contributed by atoms with van der Waals surface area (Å²) in [7, 11) is 0.